The molecule has 0 spiro atoms. The lowest BCUT2D eigenvalue weighted by atomic mass is 9.89. The van der Waals surface area contributed by atoms with Crippen LogP contribution in [-0.2, 0) is 0 Å². The summed E-state index contributed by atoms with van der Waals surface area (Å²) in [6.07, 6.45) is 0. The van der Waals surface area contributed by atoms with E-state index in [9.17, 15) is 0 Å². The minimum absolute atomic E-state index is 0.812. The normalized spacial score (nSPS) is 11.4. The van der Waals surface area contributed by atoms with Gasteiger partial charge in [-0.3, -0.25) is 0 Å². The highest BCUT2D eigenvalue weighted by Gasteiger charge is 2.12. The fourth-order valence-electron chi connectivity index (χ4n) is 3.84. The van der Waals surface area contributed by atoms with Crippen LogP contribution in [0.25, 0.3) is 43.4 Å². The van der Waals surface area contributed by atoms with Crippen molar-refractivity contribution < 1.29 is 0 Å². The molecule has 118 valence electrons. The molecule has 0 aliphatic carbocycles. The third-order valence-electron chi connectivity index (χ3n) is 5.00. The molecule has 0 heterocycles. The van der Waals surface area contributed by atoms with Gasteiger partial charge in [0.1, 0.15) is 0 Å². The zero-order valence-electron chi connectivity index (χ0n) is 13.7. The Labute approximate surface area is 146 Å². The van der Waals surface area contributed by atoms with Gasteiger partial charge in [0.15, 0.2) is 0 Å². The predicted octanol–water partition coefficient (Wildman–Crippen LogP) is 6.40. The lowest BCUT2D eigenvalue weighted by Gasteiger charge is -2.15. The summed E-state index contributed by atoms with van der Waals surface area (Å²) in [5, 5.41) is 7.58. The standard InChI is InChI=1S/C24H17N/c25-23-12-6-5-11-20(23)22-15-17-8-2-3-9-18(17)21-14-13-16-7-1-4-10-19(16)24(21)22/h1-15H,25H2. The lowest BCUT2D eigenvalue weighted by Crippen LogP contribution is -1.92. The quantitative estimate of drug-likeness (QED) is 0.281. The first kappa shape index (κ1) is 14.1. The molecule has 5 aromatic rings. The van der Waals surface area contributed by atoms with Crippen molar-refractivity contribution in [3.05, 3.63) is 91.0 Å². The average molecular weight is 319 g/mol. The Morgan fingerprint density at radius 3 is 2.00 bits per heavy atom. The van der Waals surface area contributed by atoms with E-state index in [1.807, 2.05) is 12.1 Å². The van der Waals surface area contributed by atoms with Gasteiger partial charge >= 0.3 is 0 Å². The number of nitrogens with two attached hydrogens (primary N) is 1. The second kappa shape index (κ2) is 5.35. The molecule has 0 saturated heterocycles. The van der Waals surface area contributed by atoms with E-state index < -0.39 is 0 Å². The molecule has 0 radical (unpaired) electrons. The fourth-order valence-corrected chi connectivity index (χ4v) is 3.84. The lowest BCUT2D eigenvalue weighted by molar-refractivity contribution is 1.65. The van der Waals surface area contributed by atoms with Crippen molar-refractivity contribution in [3.8, 4) is 11.1 Å². The van der Waals surface area contributed by atoms with E-state index in [1.54, 1.807) is 0 Å². The molecule has 0 fully saturated rings. The zero-order chi connectivity index (χ0) is 16.8. The summed E-state index contributed by atoms with van der Waals surface area (Å²) in [6.45, 7) is 0. The molecule has 1 nitrogen and oxygen atoms in total. The average Bonchev–Trinajstić information content (AvgIpc) is 2.67. The van der Waals surface area contributed by atoms with E-state index in [-0.39, 0.29) is 0 Å². The Morgan fingerprint density at radius 1 is 0.480 bits per heavy atom. The molecule has 1 heteroatoms. The van der Waals surface area contributed by atoms with Gasteiger partial charge < -0.3 is 5.73 Å². The number of hydrogen-bond donors (Lipinski definition) is 1. The van der Waals surface area contributed by atoms with Crippen molar-refractivity contribution in [1.82, 2.24) is 0 Å². The van der Waals surface area contributed by atoms with Gasteiger partial charge in [-0.15, -0.1) is 0 Å². The number of anilines is 1. The molecule has 0 atom stereocenters. The Hall–Kier alpha value is -3.32. The Balaban J connectivity index is 2.08. The van der Waals surface area contributed by atoms with Gasteiger partial charge in [0.2, 0.25) is 0 Å². The van der Waals surface area contributed by atoms with Crippen LogP contribution in [0.15, 0.2) is 91.0 Å². The van der Waals surface area contributed by atoms with Gasteiger partial charge in [-0.1, -0.05) is 78.9 Å². The van der Waals surface area contributed by atoms with Crippen LogP contribution >= 0.6 is 0 Å². The van der Waals surface area contributed by atoms with Crippen molar-refractivity contribution in [1.29, 1.82) is 0 Å². The number of benzene rings is 5. The van der Waals surface area contributed by atoms with Gasteiger partial charge in [0, 0.05) is 11.3 Å². The summed E-state index contributed by atoms with van der Waals surface area (Å²) in [5.74, 6) is 0. The largest absolute Gasteiger partial charge is 0.398 e. The van der Waals surface area contributed by atoms with Crippen molar-refractivity contribution in [2.24, 2.45) is 0 Å². The summed E-state index contributed by atoms with van der Waals surface area (Å²) in [5.41, 5.74) is 9.43. The van der Waals surface area contributed by atoms with Crippen LogP contribution < -0.4 is 5.73 Å². The van der Waals surface area contributed by atoms with Gasteiger partial charge in [0.25, 0.3) is 0 Å². The topological polar surface area (TPSA) is 26.0 Å². The molecule has 0 bridgehead atoms. The molecule has 0 aromatic heterocycles. The van der Waals surface area contributed by atoms with Gasteiger partial charge in [-0.2, -0.15) is 0 Å². The highest BCUT2D eigenvalue weighted by molar-refractivity contribution is 6.23. The molecule has 5 aromatic carbocycles. The van der Waals surface area contributed by atoms with E-state index in [2.05, 4.69) is 78.9 Å². The summed E-state index contributed by atoms with van der Waals surface area (Å²) >= 11 is 0. The van der Waals surface area contributed by atoms with Crippen molar-refractivity contribution in [3.63, 3.8) is 0 Å². The Morgan fingerprint density at radius 2 is 1.16 bits per heavy atom. The van der Waals surface area contributed by atoms with Gasteiger partial charge in [-0.05, 0) is 50.0 Å². The smallest absolute Gasteiger partial charge is 0.0393 e. The van der Waals surface area contributed by atoms with Crippen LogP contribution in [-0.4, -0.2) is 0 Å². The zero-order valence-corrected chi connectivity index (χ0v) is 13.7. The SMILES string of the molecule is Nc1ccccc1-c1cc2ccccc2c2ccc3ccccc3c12. The molecule has 0 aliphatic rings. The van der Waals surface area contributed by atoms with Crippen molar-refractivity contribution in [2.75, 3.05) is 5.73 Å². The maximum atomic E-state index is 6.33. The van der Waals surface area contributed by atoms with Crippen LogP contribution in [0.5, 0.6) is 0 Å². The number of para-hydroxylation sites is 1. The molecule has 0 aliphatic heterocycles. The maximum Gasteiger partial charge on any atom is 0.0393 e. The van der Waals surface area contributed by atoms with Crippen molar-refractivity contribution >= 4 is 38.0 Å². The minimum atomic E-state index is 0.812. The monoisotopic (exact) mass is 319 g/mol. The van der Waals surface area contributed by atoms with Crippen molar-refractivity contribution in [2.45, 2.75) is 0 Å². The minimum Gasteiger partial charge on any atom is -0.398 e. The third-order valence-corrected chi connectivity index (χ3v) is 5.00. The first-order valence-electron chi connectivity index (χ1n) is 8.51. The molecule has 0 saturated carbocycles. The summed E-state index contributed by atoms with van der Waals surface area (Å²) < 4.78 is 0. The van der Waals surface area contributed by atoms with Gasteiger partial charge in [-0.25, -0.2) is 0 Å². The van der Waals surface area contributed by atoms with E-state index in [1.165, 1.54) is 37.9 Å². The molecule has 0 unspecified atom stereocenters. The maximum absolute atomic E-state index is 6.33. The molecular formula is C24H17N. The first-order valence-corrected chi connectivity index (χ1v) is 8.51. The molecule has 0 amide bonds. The number of rotatable bonds is 1. The molecule has 25 heavy (non-hydrogen) atoms. The number of nitrogen functional groups attached to an aromatic ring is 1. The highest BCUT2D eigenvalue weighted by atomic mass is 14.6. The summed E-state index contributed by atoms with van der Waals surface area (Å²) in [4.78, 5) is 0. The van der Waals surface area contributed by atoms with E-state index in [4.69, 9.17) is 5.73 Å². The molecule has 2 N–H and O–H groups in total. The van der Waals surface area contributed by atoms with Crippen LogP contribution in [0.3, 0.4) is 0 Å². The van der Waals surface area contributed by atoms with E-state index in [0.717, 1.165) is 11.3 Å². The summed E-state index contributed by atoms with van der Waals surface area (Å²) in [6, 6.07) is 32.0. The second-order valence-electron chi connectivity index (χ2n) is 6.44. The van der Waals surface area contributed by atoms with Crippen LogP contribution in [0.2, 0.25) is 0 Å². The van der Waals surface area contributed by atoms with Gasteiger partial charge in [0.05, 0.1) is 0 Å². The first-order chi connectivity index (χ1) is 12.3. The van der Waals surface area contributed by atoms with E-state index in [0.29, 0.717) is 0 Å². The predicted molar refractivity (Wildman–Crippen MR) is 109 cm³/mol. The Kier molecular flexibility index (Phi) is 3.01. The number of hydrogen-bond acceptors (Lipinski definition) is 1. The number of fused-ring (bicyclic) bond motifs is 5. The van der Waals surface area contributed by atoms with E-state index >= 15 is 0 Å². The summed E-state index contributed by atoms with van der Waals surface area (Å²) in [7, 11) is 0. The molecule has 5 rings (SSSR count). The van der Waals surface area contributed by atoms with Crippen LogP contribution in [0.4, 0.5) is 5.69 Å². The van der Waals surface area contributed by atoms with Crippen LogP contribution in [0.1, 0.15) is 0 Å². The Bertz CT molecular complexity index is 1250. The van der Waals surface area contributed by atoms with Crippen LogP contribution in [0, 0.1) is 0 Å². The second-order valence-corrected chi connectivity index (χ2v) is 6.44. The fraction of sp³-hybridized carbons (Fsp3) is 0. The molecular weight excluding hydrogens is 302 g/mol. The third kappa shape index (κ3) is 2.10. The highest BCUT2D eigenvalue weighted by Crippen LogP contribution is 2.40.